The van der Waals surface area contributed by atoms with E-state index in [1.165, 1.54) is 44.9 Å². The van der Waals surface area contributed by atoms with Gasteiger partial charge in [0.05, 0.1) is 0 Å². The van der Waals surface area contributed by atoms with Gasteiger partial charge in [-0.3, -0.25) is 0 Å². The molecular weight excluding hydrogens is 537 g/mol. The van der Waals surface area contributed by atoms with Gasteiger partial charge in [0.25, 0.3) is 0 Å². The van der Waals surface area contributed by atoms with E-state index in [1.54, 1.807) is 30.3 Å². The average Bonchev–Trinajstić information content (AvgIpc) is 3.04. The predicted molar refractivity (Wildman–Crippen MR) is 175 cm³/mol. The molecule has 3 aromatic carbocycles. The number of hydrogen-bond donors (Lipinski definition) is 0. The highest BCUT2D eigenvalue weighted by molar-refractivity contribution is 5.74. The monoisotopic (exact) mass is 586 g/mol. The highest BCUT2D eigenvalue weighted by Crippen LogP contribution is 2.42. The maximum Gasteiger partial charge on any atom is 0.166 e. The SMILES string of the molecule is CCCCCCCc1ccc(-c2ccc(-c3ccc(C4=CCC(C5CCC(CCC)CC5)CC4)c(F)c3)cc2)c(F)c1F. The zero-order valence-corrected chi connectivity index (χ0v) is 26.2. The van der Waals surface area contributed by atoms with Gasteiger partial charge < -0.3 is 0 Å². The van der Waals surface area contributed by atoms with Crippen molar-refractivity contribution in [1.82, 2.24) is 0 Å². The molecule has 0 heterocycles. The molecule has 0 spiro atoms. The maximum absolute atomic E-state index is 15.4. The molecule has 2 aliphatic carbocycles. The van der Waals surface area contributed by atoms with E-state index in [4.69, 9.17) is 0 Å². The summed E-state index contributed by atoms with van der Waals surface area (Å²) in [5.41, 5.74) is 4.82. The molecule has 0 nitrogen and oxygen atoms in total. The fourth-order valence-corrected chi connectivity index (χ4v) is 7.61. The molecule has 1 saturated carbocycles. The molecule has 0 N–H and O–H groups in total. The van der Waals surface area contributed by atoms with E-state index in [-0.39, 0.29) is 11.4 Å². The Morgan fingerprint density at radius 1 is 0.628 bits per heavy atom. The number of rotatable bonds is 12. The Hall–Kier alpha value is -2.81. The Morgan fingerprint density at radius 2 is 1.33 bits per heavy atom. The van der Waals surface area contributed by atoms with E-state index in [0.29, 0.717) is 23.1 Å². The van der Waals surface area contributed by atoms with E-state index in [2.05, 4.69) is 19.9 Å². The van der Waals surface area contributed by atoms with Crippen LogP contribution in [0, 0.1) is 35.2 Å². The third-order valence-corrected chi connectivity index (χ3v) is 10.3. The standard InChI is InChI=1S/C40H49F3/c1-3-5-6-7-8-10-34-23-26-37(40(43)39(34)42)33-21-17-31(18-22-33)35-24-25-36(38(41)27-35)32-19-15-30(16-20-32)29-13-11-28(9-4-2)12-14-29/h17-19,21-30H,3-16,20H2,1-2H3. The van der Waals surface area contributed by atoms with Gasteiger partial charge in [-0.15, -0.1) is 0 Å². The van der Waals surface area contributed by atoms with Crippen LogP contribution in [0.5, 0.6) is 0 Å². The summed E-state index contributed by atoms with van der Waals surface area (Å²) in [6, 6.07) is 16.2. The van der Waals surface area contributed by atoms with Crippen molar-refractivity contribution in [3.8, 4) is 22.3 Å². The molecule has 0 aliphatic heterocycles. The summed E-state index contributed by atoms with van der Waals surface area (Å²) in [6.45, 7) is 4.46. The Labute approximate surface area is 257 Å². The highest BCUT2D eigenvalue weighted by atomic mass is 19.2. The minimum Gasteiger partial charge on any atom is -0.206 e. The summed E-state index contributed by atoms with van der Waals surface area (Å²) in [7, 11) is 0. The van der Waals surface area contributed by atoms with Crippen molar-refractivity contribution in [3.63, 3.8) is 0 Å². The smallest absolute Gasteiger partial charge is 0.166 e. The van der Waals surface area contributed by atoms with Gasteiger partial charge in [0.1, 0.15) is 5.82 Å². The Kier molecular flexibility index (Phi) is 11.2. The average molecular weight is 587 g/mol. The van der Waals surface area contributed by atoms with Gasteiger partial charge in [-0.2, -0.15) is 0 Å². The van der Waals surface area contributed by atoms with Gasteiger partial charge in [0.2, 0.25) is 0 Å². The van der Waals surface area contributed by atoms with E-state index < -0.39 is 11.6 Å². The lowest BCUT2D eigenvalue weighted by Crippen LogP contribution is -2.23. The van der Waals surface area contributed by atoms with Crippen LogP contribution in [-0.2, 0) is 6.42 Å². The van der Waals surface area contributed by atoms with Crippen molar-refractivity contribution >= 4 is 5.57 Å². The highest BCUT2D eigenvalue weighted by Gasteiger charge is 2.29. The molecule has 0 bridgehead atoms. The molecule has 0 amide bonds. The number of unbranched alkanes of at least 4 members (excludes halogenated alkanes) is 4. The molecule has 0 saturated heterocycles. The molecule has 3 heteroatoms. The first-order valence-corrected chi connectivity index (χ1v) is 17.0. The second-order valence-corrected chi connectivity index (χ2v) is 13.2. The van der Waals surface area contributed by atoms with Crippen LogP contribution in [0.25, 0.3) is 27.8 Å². The predicted octanol–water partition coefficient (Wildman–Crippen LogP) is 12.7. The van der Waals surface area contributed by atoms with Crippen LogP contribution >= 0.6 is 0 Å². The third kappa shape index (κ3) is 7.83. The molecule has 1 atom stereocenters. The first kappa shape index (κ1) is 31.6. The van der Waals surface area contributed by atoms with Crippen LogP contribution in [-0.4, -0.2) is 0 Å². The van der Waals surface area contributed by atoms with Crippen LogP contribution in [0.3, 0.4) is 0 Å². The zero-order valence-electron chi connectivity index (χ0n) is 26.2. The molecule has 3 aromatic rings. The molecule has 5 rings (SSSR count). The lowest BCUT2D eigenvalue weighted by atomic mass is 9.70. The number of allylic oxidation sites excluding steroid dienone is 2. The van der Waals surface area contributed by atoms with Crippen LogP contribution in [0.4, 0.5) is 13.2 Å². The van der Waals surface area contributed by atoms with E-state index in [1.807, 2.05) is 24.3 Å². The number of aryl methyl sites for hydroxylation is 1. The number of halogens is 3. The Balaban J connectivity index is 1.21. The number of benzene rings is 3. The first-order chi connectivity index (χ1) is 21.0. The molecule has 2 aliphatic rings. The second-order valence-electron chi connectivity index (χ2n) is 13.2. The lowest BCUT2D eigenvalue weighted by molar-refractivity contribution is 0.189. The van der Waals surface area contributed by atoms with Gasteiger partial charge in [0, 0.05) is 11.1 Å². The van der Waals surface area contributed by atoms with Crippen molar-refractivity contribution in [2.24, 2.45) is 17.8 Å². The fourth-order valence-electron chi connectivity index (χ4n) is 7.61. The van der Waals surface area contributed by atoms with Crippen molar-refractivity contribution < 1.29 is 13.2 Å². The summed E-state index contributed by atoms with van der Waals surface area (Å²) in [4.78, 5) is 0. The van der Waals surface area contributed by atoms with Crippen molar-refractivity contribution in [2.45, 2.75) is 110 Å². The Morgan fingerprint density at radius 3 is 2.00 bits per heavy atom. The summed E-state index contributed by atoms with van der Waals surface area (Å²) in [5.74, 6) is 0.801. The molecule has 0 radical (unpaired) electrons. The summed E-state index contributed by atoms with van der Waals surface area (Å²) < 4.78 is 45.2. The summed E-state index contributed by atoms with van der Waals surface area (Å²) in [5, 5.41) is 0. The Bertz CT molecular complexity index is 1360. The number of hydrogen-bond acceptors (Lipinski definition) is 0. The van der Waals surface area contributed by atoms with Crippen molar-refractivity contribution in [2.75, 3.05) is 0 Å². The van der Waals surface area contributed by atoms with E-state index in [9.17, 15) is 4.39 Å². The van der Waals surface area contributed by atoms with Crippen molar-refractivity contribution in [3.05, 3.63) is 89.3 Å². The van der Waals surface area contributed by atoms with Gasteiger partial charge in [-0.05, 0) is 96.6 Å². The van der Waals surface area contributed by atoms with Gasteiger partial charge in [0.15, 0.2) is 11.6 Å². The largest absolute Gasteiger partial charge is 0.206 e. The van der Waals surface area contributed by atoms with Gasteiger partial charge in [-0.25, -0.2) is 13.2 Å². The zero-order chi connectivity index (χ0) is 30.2. The van der Waals surface area contributed by atoms with Crippen LogP contribution in [0.1, 0.15) is 115 Å². The van der Waals surface area contributed by atoms with Crippen molar-refractivity contribution in [1.29, 1.82) is 0 Å². The fraction of sp³-hybridized carbons (Fsp3) is 0.500. The topological polar surface area (TPSA) is 0 Å². The van der Waals surface area contributed by atoms with Crippen LogP contribution < -0.4 is 0 Å². The summed E-state index contributed by atoms with van der Waals surface area (Å²) in [6.07, 6.45) is 19.6. The van der Waals surface area contributed by atoms with Gasteiger partial charge in [-0.1, -0.05) is 120 Å². The molecular formula is C40H49F3. The molecule has 1 unspecified atom stereocenters. The molecule has 43 heavy (non-hydrogen) atoms. The normalized spacial score (nSPS) is 20.7. The first-order valence-electron chi connectivity index (χ1n) is 17.0. The van der Waals surface area contributed by atoms with E-state index in [0.717, 1.165) is 79.4 Å². The molecule has 1 fully saturated rings. The lowest BCUT2D eigenvalue weighted by Gasteiger charge is -2.35. The van der Waals surface area contributed by atoms with Crippen LogP contribution in [0.2, 0.25) is 0 Å². The summed E-state index contributed by atoms with van der Waals surface area (Å²) >= 11 is 0. The van der Waals surface area contributed by atoms with E-state index >= 15 is 8.78 Å². The molecule has 230 valence electrons. The molecule has 0 aromatic heterocycles. The maximum atomic E-state index is 15.4. The minimum atomic E-state index is -0.790. The van der Waals surface area contributed by atoms with Crippen LogP contribution in [0.15, 0.2) is 60.7 Å². The second kappa shape index (κ2) is 15.3. The third-order valence-electron chi connectivity index (χ3n) is 10.3. The minimum absolute atomic E-state index is 0.190. The quantitative estimate of drug-likeness (QED) is 0.185. The van der Waals surface area contributed by atoms with Gasteiger partial charge >= 0.3 is 0 Å².